The van der Waals surface area contributed by atoms with Gasteiger partial charge in [0.05, 0.1) is 0 Å². The number of carbonyl (C=O) groups excluding carboxylic acids is 4. The third-order valence-electron chi connectivity index (χ3n) is 5.81. The van der Waals surface area contributed by atoms with Gasteiger partial charge in [-0.1, -0.05) is 13.8 Å². The smallest absolute Gasteiger partial charge is 0.263 e. The number of benzene rings is 2. The van der Waals surface area contributed by atoms with Gasteiger partial charge in [-0.3, -0.25) is 29.0 Å². The molecule has 0 saturated carbocycles. The van der Waals surface area contributed by atoms with Crippen molar-refractivity contribution in [3.8, 4) is 0 Å². The van der Waals surface area contributed by atoms with Gasteiger partial charge >= 0.3 is 0 Å². The molecule has 0 saturated heterocycles. The monoisotopic (exact) mass is 394 g/mol. The first-order valence-corrected chi connectivity index (χ1v) is 9.71. The maximum atomic E-state index is 13.2. The largest absolute Gasteiger partial charge is 0.361 e. The normalized spacial score (nSPS) is 17.0. The Kier molecular flexibility index (Phi) is 4.50. The zero-order valence-corrected chi connectivity index (χ0v) is 16.8. The van der Waals surface area contributed by atoms with Crippen LogP contribution in [0.2, 0.25) is 0 Å². The average molecular weight is 394 g/mol. The van der Waals surface area contributed by atoms with E-state index in [-0.39, 0.29) is 18.7 Å². The molecule has 0 spiro atoms. The molecule has 2 aromatic carbocycles. The maximum absolute atomic E-state index is 13.2. The first-order chi connectivity index (χ1) is 13.8. The van der Waals surface area contributed by atoms with Crippen molar-refractivity contribution >= 4 is 34.4 Å². The number of hydrogen-bond acceptors (Lipinski definition) is 5. The van der Waals surface area contributed by atoms with Crippen molar-refractivity contribution in [1.82, 2.24) is 9.80 Å². The quantitative estimate of drug-likeness (QED) is 0.728. The molecule has 0 bridgehead atoms. The second kappa shape index (κ2) is 6.77. The molecule has 0 N–H and O–H groups in total. The molecule has 0 fully saturated rings. The Hall–Kier alpha value is -3.06. The molecular weight excluding hydrogens is 372 g/mol. The first-order valence-electron chi connectivity index (χ1n) is 9.71. The summed E-state index contributed by atoms with van der Waals surface area (Å²) in [6.07, 6.45) is 0. The minimum absolute atomic E-state index is 0.0904. The van der Waals surface area contributed by atoms with Crippen LogP contribution in [0, 0.1) is 5.92 Å². The van der Waals surface area contributed by atoms with E-state index in [0.717, 1.165) is 4.90 Å². The summed E-state index contributed by atoms with van der Waals surface area (Å²) in [5, 5.41) is 0.765. The summed E-state index contributed by atoms with van der Waals surface area (Å²) in [6, 6.07) is 5.99. The average Bonchev–Trinajstić information content (AvgIpc) is 2.70. The molecule has 4 rings (SSSR count). The summed E-state index contributed by atoms with van der Waals surface area (Å²) < 4.78 is 5.27. The molecule has 2 aromatic rings. The van der Waals surface area contributed by atoms with Crippen LogP contribution in [-0.2, 0) is 4.74 Å². The lowest BCUT2D eigenvalue weighted by Crippen LogP contribution is -2.48. The number of nitrogens with zero attached hydrogens (tertiary/aromatic N) is 2. The Balaban J connectivity index is 1.94. The van der Waals surface area contributed by atoms with Crippen molar-refractivity contribution in [3.63, 3.8) is 0 Å². The van der Waals surface area contributed by atoms with Gasteiger partial charge < -0.3 is 4.74 Å². The van der Waals surface area contributed by atoms with Gasteiger partial charge in [-0.2, -0.15) is 0 Å². The highest BCUT2D eigenvalue weighted by Crippen LogP contribution is 2.38. The van der Waals surface area contributed by atoms with Crippen molar-refractivity contribution in [1.29, 1.82) is 0 Å². The summed E-state index contributed by atoms with van der Waals surface area (Å²) in [5.74, 6) is -1.68. The van der Waals surface area contributed by atoms with Gasteiger partial charge in [0, 0.05) is 45.7 Å². The van der Waals surface area contributed by atoms with Crippen LogP contribution in [0.4, 0.5) is 0 Å². The molecule has 150 valence electrons. The number of rotatable bonds is 5. The van der Waals surface area contributed by atoms with Crippen molar-refractivity contribution in [2.24, 2.45) is 5.92 Å². The fraction of sp³-hybridized carbons (Fsp3) is 0.364. The Morgan fingerprint density at radius 3 is 1.55 bits per heavy atom. The standard InChI is InChI=1S/C22H22N2O5/c1-5-29-10-23-19(25)13-6-8-15-18-16(9-7-14(17(13)18)20(23)26)22(28)24(21(15)27)12(4)11(2)3/h6-9,11-12H,5,10H2,1-4H3. The van der Waals surface area contributed by atoms with Gasteiger partial charge in [0.15, 0.2) is 0 Å². The van der Waals surface area contributed by atoms with Crippen LogP contribution < -0.4 is 0 Å². The predicted molar refractivity (Wildman–Crippen MR) is 106 cm³/mol. The van der Waals surface area contributed by atoms with E-state index < -0.39 is 23.6 Å². The van der Waals surface area contributed by atoms with Crippen molar-refractivity contribution in [3.05, 3.63) is 46.5 Å². The van der Waals surface area contributed by atoms with Gasteiger partial charge in [-0.05, 0) is 44.0 Å². The summed E-state index contributed by atoms with van der Waals surface area (Å²) in [5.41, 5.74) is 1.27. The Morgan fingerprint density at radius 1 is 0.759 bits per heavy atom. The summed E-state index contributed by atoms with van der Waals surface area (Å²) >= 11 is 0. The van der Waals surface area contributed by atoms with Crippen molar-refractivity contribution < 1.29 is 23.9 Å². The highest BCUT2D eigenvalue weighted by molar-refractivity contribution is 6.33. The fourth-order valence-electron chi connectivity index (χ4n) is 3.91. The van der Waals surface area contributed by atoms with Gasteiger partial charge in [-0.15, -0.1) is 0 Å². The van der Waals surface area contributed by atoms with E-state index >= 15 is 0 Å². The Morgan fingerprint density at radius 2 is 1.17 bits per heavy atom. The Bertz CT molecular complexity index is 1020. The second-order valence-corrected chi connectivity index (χ2v) is 7.70. The zero-order chi connectivity index (χ0) is 21.0. The number of carbonyl (C=O) groups is 4. The highest BCUT2D eigenvalue weighted by Gasteiger charge is 2.41. The number of hydrogen-bond donors (Lipinski definition) is 0. The molecule has 2 heterocycles. The molecule has 4 amide bonds. The predicted octanol–water partition coefficient (Wildman–Crippen LogP) is 3.07. The molecule has 0 aromatic heterocycles. The SMILES string of the molecule is CCOCN1C(=O)c2ccc3c4c(ccc(c24)C1=O)C(=O)N(C(C)C(C)C)C3=O. The van der Waals surface area contributed by atoms with E-state index in [2.05, 4.69) is 0 Å². The molecule has 2 aliphatic rings. The highest BCUT2D eigenvalue weighted by atomic mass is 16.5. The second-order valence-electron chi connectivity index (χ2n) is 7.70. The van der Waals surface area contributed by atoms with E-state index in [1.54, 1.807) is 31.2 Å². The topological polar surface area (TPSA) is 84.0 Å². The van der Waals surface area contributed by atoms with E-state index in [1.807, 2.05) is 20.8 Å². The van der Waals surface area contributed by atoms with Crippen molar-refractivity contribution in [2.75, 3.05) is 13.3 Å². The lowest BCUT2D eigenvalue weighted by Gasteiger charge is -2.35. The van der Waals surface area contributed by atoms with Crippen LogP contribution in [0.25, 0.3) is 10.8 Å². The number of amides is 4. The molecular formula is C22H22N2O5. The number of ether oxygens (including phenoxy) is 1. The van der Waals surface area contributed by atoms with Gasteiger partial charge in [0.2, 0.25) is 0 Å². The zero-order valence-electron chi connectivity index (χ0n) is 16.8. The van der Waals surface area contributed by atoms with Crippen LogP contribution in [0.5, 0.6) is 0 Å². The third kappa shape index (κ3) is 2.61. The molecule has 0 aliphatic carbocycles. The molecule has 7 heteroatoms. The molecule has 2 aliphatic heterocycles. The minimum atomic E-state index is -0.488. The maximum Gasteiger partial charge on any atom is 0.263 e. The first kappa shape index (κ1) is 19.3. The molecule has 1 atom stereocenters. The number of imide groups is 2. The van der Waals surface area contributed by atoms with Crippen LogP contribution in [0.15, 0.2) is 24.3 Å². The minimum Gasteiger partial charge on any atom is -0.361 e. The van der Waals surface area contributed by atoms with Crippen LogP contribution in [0.1, 0.15) is 69.1 Å². The van der Waals surface area contributed by atoms with Gasteiger partial charge in [0.25, 0.3) is 23.6 Å². The molecule has 1 unspecified atom stereocenters. The Labute approximate surface area is 168 Å². The van der Waals surface area contributed by atoms with E-state index in [0.29, 0.717) is 39.6 Å². The van der Waals surface area contributed by atoms with Crippen LogP contribution in [-0.4, -0.2) is 52.8 Å². The molecule has 29 heavy (non-hydrogen) atoms. The van der Waals surface area contributed by atoms with E-state index in [1.165, 1.54) is 4.90 Å². The van der Waals surface area contributed by atoms with Gasteiger partial charge in [0.1, 0.15) is 6.73 Å². The fourth-order valence-corrected chi connectivity index (χ4v) is 3.91. The molecule has 7 nitrogen and oxygen atoms in total. The van der Waals surface area contributed by atoms with Crippen molar-refractivity contribution in [2.45, 2.75) is 33.7 Å². The van der Waals surface area contributed by atoms with Gasteiger partial charge in [-0.25, -0.2) is 0 Å². The third-order valence-corrected chi connectivity index (χ3v) is 5.81. The lowest BCUT2D eigenvalue weighted by atomic mass is 9.85. The van der Waals surface area contributed by atoms with E-state index in [4.69, 9.17) is 4.74 Å². The van der Waals surface area contributed by atoms with Crippen LogP contribution in [0.3, 0.4) is 0 Å². The lowest BCUT2D eigenvalue weighted by molar-refractivity contribution is 0.0248. The molecule has 0 radical (unpaired) electrons. The summed E-state index contributed by atoms with van der Waals surface area (Å²) in [6.45, 7) is 7.74. The summed E-state index contributed by atoms with van der Waals surface area (Å²) in [4.78, 5) is 54.5. The van der Waals surface area contributed by atoms with Crippen LogP contribution >= 0.6 is 0 Å². The summed E-state index contributed by atoms with van der Waals surface area (Å²) in [7, 11) is 0. The van der Waals surface area contributed by atoms with E-state index in [9.17, 15) is 19.2 Å².